The zero-order chi connectivity index (χ0) is 12.4. The first-order valence-electron chi connectivity index (χ1n) is 6.61. The molecule has 1 saturated heterocycles. The monoisotopic (exact) mass is 236 g/mol. The van der Waals surface area contributed by atoms with Gasteiger partial charge in [-0.15, -0.1) is 0 Å². The van der Waals surface area contributed by atoms with E-state index in [-0.39, 0.29) is 0 Å². The summed E-state index contributed by atoms with van der Waals surface area (Å²) in [7, 11) is 0. The third kappa shape index (κ3) is 2.80. The minimum Gasteiger partial charge on any atom is -0.339 e. The van der Waals surface area contributed by atoms with Crippen molar-refractivity contribution in [3.63, 3.8) is 0 Å². The average molecular weight is 236 g/mol. The summed E-state index contributed by atoms with van der Waals surface area (Å²) in [5, 5.41) is 0. The molecule has 0 amide bonds. The van der Waals surface area contributed by atoms with E-state index in [0.717, 1.165) is 31.9 Å². The van der Waals surface area contributed by atoms with Crippen LogP contribution in [0.25, 0.3) is 0 Å². The molecule has 0 bridgehead atoms. The van der Waals surface area contributed by atoms with E-state index in [1.807, 2.05) is 6.20 Å². The highest BCUT2D eigenvalue weighted by Gasteiger charge is 2.26. The third-order valence-corrected chi connectivity index (χ3v) is 3.43. The lowest BCUT2D eigenvalue weighted by Crippen LogP contribution is -2.46. The molecule has 0 radical (unpaired) electrons. The topological polar surface area (TPSA) is 47.1 Å². The highest BCUT2D eigenvalue weighted by molar-refractivity contribution is 5.34. The van der Waals surface area contributed by atoms with Crippen LogP contribution in [0.3, 0.4) is 0 Å². The van der Waals surface area contributed by atoms with E-state index in [1.165, 1.54) is 0 Å². The molecule has 0 aliphatic carbocycles. The Morgan fingerprint density at radius 2 is 2.29 bits per heavy atom. The average Bonchev–Trinajstić information content (AvgIpc) is 2.65. The molecule has 1 aliphatic heterocycles. The summed E-state index contributed by atoms with van der Waals surface area (Å²) in [5.74, 6) is 1.75. The molecule has 96 valence electrons. The number of nitrogens with two attached hydrogens (primary N) is 1. The summed E-state index contributed by atoms with van der Waals surface area (Å²) >= 11 is 0. The molecule has 1 aliphatic rings. The fourth-order valence-electron chi connectivity index (χ4n) is 2.60. The molecule has 4 nitrogen and oxygen atoms in total. The van der Waals surface area contributed by atoms with Crippen LogP contribution < -0.4 is 10.6 Å². The Labute approximate surface area is 104 Å². The standard InChI is InChI=1S/C13H24N4/c1-10(2)9-16-7-5-15-13(16)17-6-4-12(14)8-11(17)3/h5,7,10-12H,4,6,8-9,14H2,1-3H3. The van der Waals surface area contributed by atoms with Crippen molar-refractivity contribution in [3.05, 3.63) is 12.4 Å². The summed E-state index contributed by atoms with van der Waals surface area (Å²) in [6.45, 7) is 8.77. The number of imidazole rings is 1. The van der Waals surface area contributed by atoms with Crippen LogP contribution in [0.5, 0.6) is 0 Å². The van der Waals surface area contributed by atoms with E-state index in [9.17, 15) is 0 Å². The van der Waals surface area contributed by atoms with Gasteiger partial charge in [0.2, 0.25) is 5.95 Å². The molecule has 0 spiro atoms. The van der Waals surface area contributed by atoms with E-state index in [0.29, 0.717) is 18.0 Å². The largest absolute Gasteiger partial charge is 0.339 e. The Kier molecular flexibility index (Phi) is 3.72. The molecule has 2 heterocycles. The van der Waals surface area contributed by atoms with Gasteiger partial charge in [-0.3, -0.25) is 0 Å². The van der Waals surface area contributed by atoms with Crippen LogP contribution in [0.4, 0.5) is 5.95 Å². The minimum atomic E-state index is 0.356. The quantitative estimate of drug-likeness (QED) is 0.871. The van der Waals surface area contributed by atoms with Crippen LogP contribution in [-0.2, 0) is 6.54 Å². The maximum Gasteiger partial charge on any atom is 0.205 e. The van der Waals surface area contributed by atoms with E-state index in [1.54, 1.807) is 0 Å². The zero-order valence-corrected chi connectivity index (χ0v) is 11.1. The van der Waals surface area contributed by atoms with Gasteiger partial charge in [-0.05, 0) is 25.7 Å². The SMILES string of the molecule is CC(C)Cn1ccnc1N1CCC(N)CC1C. The Morgan fingerprint density at radius 1 is 1.53 bits per heavy atom. The molecule has 1 aromatic heterocycles. The number of nitrogens with zero attached hydrogens (tertiary/aromatic N) is 3. The maximum absolute atomic E-state index is 6.01. The van der Waals surface area contributed by atoms with E-state index >= 15 is 0 Å². The first kappa shape index (κ1) is 12.4. The van der Waals surface area contributed by atoms with Gasteiger partial charge in [0.15, 0.2) is 0 Å². The van der Waals surface area contributed by atoms with Crippen LogP contribution in [0.15, 0.2) is 12.4 Å². The number of piperidine rings is 1. The van der Waals surface area contributed by atoms with Crippen molar-refractivity contribution in [3.8, 4) is 0 Å². The Morgan fingerprint density at radius 3 is 2.94 bits per heavy atom. The van der Waals surface area contributed by atoms with Crippen LogP contribution in [-0.4, -0.2) is 28.2 Å². The molecule has 0 aromatic carbocycles. The minimum absolute atomic E-state index is 0.356. The number of hydrogen-bond donors (Lipinski definition) is 1. The van der Waals surface area contributed by atoms with E-state index in [2.05, 4.69) is 41.4 Å². The fraction of sp³-hybridized carbons (Fsp3) is 0.769. The van der Waals surface area contributed by atoms with Gasteiger partial charge in [0.1, 0.15) is 0 Å². The second-order valence-electron chi connectivity index (χ2n) is 5.60. The first-order valence-corrected chi connectivity index (χ1v) is 6.61. The smallest absolute Gasteiger partial charge is 0.205 e. The summed E-state index contributed by atoms with van der Waals surface area (Å²) in [4.78, 5) is 6.91. The molecule has 1 fully saturated rings. The molecule has 4 heteroatoms. The molecule has 2 atom stereocenters. The van der Waals surface area contributed by atoms with Crippen molar-refractivity contribution >= 4 is 5.95 Å². The van der Waals surface area contributed by atoms with Gasteiger partial charge in [0, 0.05) is 37.6 Å². The molecule has 17 heavy (non-hydrogen) atoms. The molecule has 2 N–H and O–H groups in total. The summed E-state index contributed by atoms with van der Waals surface area (Å²) in [6, 6.07) is 0.849. The van der Waals surface area contributed by atoms with Crippen molar-refractivity contribution in [2.24, 2.45) is 11.7 Å². The van der Waals surface area contributed by atoms with Crippen LogP contribution in [0, 0.1) is 5.92 Å². The van der Waals surface area contributed by atoms with Crippen LogP contribution in [0.2, 0.25) is 0 Å². The molecular formula is C13H24N4. The van der Waals surface area contributed by atoms with Gasteiger partial charge in [-0.2, -0.15) is 0 Å². The van der Waals surface area contributed by atoms with Gasteiger partial charge in [-0.1, -0.05) is 13.8 Å². The summed E-state index contributed by atoms with van der Waals surface area (Å²) in [5.41, 5.74) is 6.01. The maximum atomic E-state index is 6.01. The number of anilines is 1. The number of aromatic nitrogens is 2. The predicted octanol–water partition coefficient (Wildman–Crippen LogP) is 1.86. The van der Waals surface area contributed by atoms with Crippen molar-refractivity contribution < 1.29 is 0 Å². The second-order valence-corrected chi connectivity index (χ2v) is 5.60. The normalized spacial score (nSPS) is 25.6. The number of rotatable bonds is 3. The van der Waals surface area contributed by atoms with Gasteiger partial charge in [0.25, 0.3) is 0 Å². The van der Waals surface area contributed by atoms with Gasteiger partial charge >= 0.3 is 0 Å². The molecule has 2 rings (SSSR count). The first-order chi connectivity index (χ1) is 8.08. The molecular weight excluding hydrogens is 212 g/mol. The predicted molar refractivity (Wildman–Crippen MR) is 71.1 cm³/mol. The van der Waals surface area contributed by atoms with E-state index < -0.39 is 0 Å². The highest BCUT2D eigenvalue weighted by atomic mass is 15.3. The van der Waals surface area contributed by atoms with Crippen LogP contribution >= 0.6 is 0 Å². The van der Waals surface area contributed by atoms with Gasteiger partial charge in [-0.25, -0.2) is 4.98 Å². The fourth-order valence-corrected chi connectivity index (χ4v) is 2.60. The molecule has 0 saturated carbocycles. The Hall–Kier alpha value is -1.03. The van der Waals surface area contributed by atoms with E-state index in [4.69, 9.17) is 5.73 Å². The number of hydrogen-bond acceptors (Lipinski definition) is 3. The Balaban J connectivity index is 2.13. The lowest BCUT2D eigenvalue weighted by Gasteiger charge is -2.37. The molecule has 1 aromatic rings. The van der Waals surface area contributed by atoms with Crippen molar-refractivity contribution in [1.29, 1.82) is 0 Å². The third-order valence-electron chi connectivity index (χ3n) is 3.43. The summed E-state index contributed by atoms with van der Waals surface area (Å²) in [6.07, 6.45) is 6.11. The zero-order valence-electron chi connectivity index (χ0n) is 11.1. The van der Waals surface area contributed by atoms with Gasteiger partial charge < -0.3 is 15.2 Å². The van der Waals surface area contributed by atoms with Crippen molar-refractivity contribution in [2.75, 3.05) is 11.4 Å². The lowest BCUT2D eigenvalue weighted by atomic mass is 10.00. The Bertz CT molecular complexity index is 358. The van der Waals surface area contributed by atoms with Crippen molar-refractivity contribution in [1.82, 2.24) is 9.55 Å². The second kappa shape index (κ2) is 5.08. The lowest BCUT2D eigenvalue weighted by molar-refractivity contribution is 0.414. The summed E-state index contributed by atoms with van der Waals surface area (Å²) < 4.78 is 2.26. The molecule has 2 unspecified atom stereocenters. The highest BCUT2D eigenvalue weighted by Crippen LogP contribution is 2.23. The van der Waals surface area contributed by atoms with Crippen LogP contribution in [0.1, 0.15) is 33.6 Å². The van der Waals surface area contributed by atoms with Gasteiger partial charge in [0.05, 0.1) is 0 Å². The van der Waals surface area contributed by atoms with Crippen molar-refractivity contribution in [2.45, 2.75) is 52.2 Å².